The van der Waals surface area contributed by atoms with E-state index in [1.165, 1.54) is 0 Å². The van der Waals surface area contributed by atoms with Crippen LogP contribution in [0.1, 0.15) is 39.1 Å². The molecule has 0 aliphatic carbocycles. The molecule has 148 valence electrons. The zero-order chi connectivity index (χ0) is 20.3. The van der Waals surface area contributed by atoms with Gasteiger partial charge in [0.2, 0.25) is 0 Å². The van der Waals surface area contributed by atoms with Crippen LogP contribution < -0.4 is 5.32 Å². The van der Waals surface area contributed by atoms with Gasteiger partial charge in [0.15, 0.2) is 5.79 Å². The van der Waals surface area contributed by atoms with Gasteiger partial charge in [-0.2, -0.15) is 5.26 Å². The molecule has 2 aliphatic rings. The Morgan fingerprint density at radius 3 is 2.31 bits per heavy atom. The minimum absolute atomic E-state index is 0.106. The molecule has 1 spiro atoms. The normalized spacial score (nSPS) is 17.7. The van der Waals surface area contributed by atoms with Crippen LogP contribution in [0.2, 0.25) is 0 Å². The summed E-state index contributed by atoms with van der Waals surface area (Å²) >= 11 is 0. The molecule has 0 unspecified atom stereocenters. The van der Waals surface area contributed by atoms with Crippen molar-refractivity contribution in [2.75, 3.05) is 31.6 Å². The van der Waals surface area contributed by atoms with Crippen molar-refractivity contribution in [2.24, 2.45) is 0 Å². The van der Waals surface area contributed by atoms with Crippen LogP contribution in [0.3, 0.4) is 0 Å². The van der Waals surface area contributed by atoms with Crippen molar-refractivity contribution >= 4 is 17.5 Å². The number of hydrogen-bond acceptors (Lipinski definition) is 5. The van der Waals surface area contributed by atoms with Crippen molar-refractivity contribution in [3.8, 4) is 6.07 Å². The number of ether oxygens (including phenoxy) is 2. The summed E-state index contributed by atoms with van der Waals surface area (Å²) < 4.78 is 11.4. The number of carbonyl (C=O) groups is 2. The molecule has 2 saturated heterocycles. The molecule has 0 bridgehead atoms. The molecule has 1 N–H and O–H groups in total. The van der Waals surface area contributed by atoms with Crippen molar-refractivity contribution in [3.63, 3.8) is 0 Å². The summed E-state index contributed by atoms with van der Waals surface area (Å²) in [5.41, 5.74) is 1.98. The van der Waals surface area contributed by atoms with Crippen LogP contribution in [0.15, 0.2) is 48.5 Å². The van der Waals surface area contributed by atoms with E-state index in [1.807, 2.05) is 6.07 Å². The van der Waals surface area contributed by atoms with Gasteiger partial charge < -0.3 is 19.7 Å². The maximum absolute atomic E-state index is 12.9. The van der Waals surface area contributed by atoms with Crippen LogP contribution in [0.4, 0.5) is 5.69 Å². The van der Waals surface area contributed by atoms with E-state index < -0.39 is 5.79 Å². The third kappa shape index (κ3) is 4.14. The number of nitrogens with one attached hydrogen (secondary N) is 1. The fourth-order valence-electron chi connectivity index (χ4n) is 3.64. The zero-order valence-electron chi connectivity index (χ0n) is 15.9. The van der Waals surface area contributed by atoms with E-state index in [0.717, 1.165) is 0 Å². The molecule has 2 aliphatic heterocycles. The van der Waals surface area contributed by atoms with E-state index in [2.05, 4.69) is 5.32 Å². The summed E-state index contributed by atoms with van der Waals surface area (Å²) in [4.78, 5) is 27.2. The van der Waals surface area contributed by atoms with Gasteiger partial charge in [0.05, 0.1) is 24.8 Å². The largest absolute Gasteiger partial charge is 0.347 e. The van der Waals surface area contributed by atoms with Crippen LogP contribution in [-0.4, -0.2) is 48.8 Å². The SMILES string of the molecule is N#Cc1ccc(NC(=O)c2cccc(C(=O)N3CCC4(CC3)OCCO4)c2)cc1. The fourth-order valence-corrected chi connectivity index (χ4v) is 3.64. The van der Waals surface area contributed by atoms with E-state index in [1.54, 1.807) is 53.4 Å². The predicted octanol–water partition coefficient (Wildman–Crippen LogP) is 2.79. The molecule has 7 nitrogen and oxygen atoms in total. The van der Waals surface area contributed by atoms with Crippen LogP contribution in [0.5, 0.6) is 0 Å². The maximum Gasteiger partial charge on any atom is 0.255 e. The van der Waals surface area contributed by atoms with E-state index in [4.69, 9.17) is 14.7 Å². The number of nitrogens with zero attached hydrogens (tertiary/aromatic N) is 2. The second kappa shape index (κ2) is 8.03. The smallest absolute Gasteiger partial charge is 0.255 e. The Hall–Kier alpha value is -3.21. The molecule has 2 aromatic rings. The topological polar surface area (TPSA) is 91.7 Å². The number of hydrogen-bond donors (Lipinski definition) is 1. The highest BCUT2D eigenvalue weighted by Crippen LogP contribution is 2.31. The van der Waals surface area contributed by atoms with E-state index >= 15 is 0 Å². The lowest BCUT2D eigenvalue weighted by Gasteiger charge is -2.37. The summed E-state index contributed by atoms with van der Waals surface area (Å²) in [5, 5.41) is 11.6. The third-order valence-corrected chi connectivity index (χ3v) is 5.27. The van der Waals surface area contributed by atoms with E-state index in [-0.39, 0.29) is 11.8 Å². The number of likely N-dealkylation sites (tertiary alicyclic amines) is 1. The quantitative estimate of drug-likeness (QED) is 0.869. The molecule has 2 aromatic carbocycles. The highest BCUT2D eigenvalue weighted by atomic mass is 16.7. The second-order valence-electron chi connectivity index (χ2n) is 7.12. The number of benzene rings is 2. The molecule has 0 radical (unpaired) electrons. The summed E-state index contributed by atoms with van der Waals surface area (Å²) in [6.45, 7) is 2.32. The minimum atomic E-state index is -0.528. The van der Waals surface area contributed by atoms with Crippen LogP contribution >= 0.6 is 0 Å². The van der Waals surface area contributed by atoms with Crippen molar-refractivity contribution < 1.29 is 19.1 Å². The Morgan fingerprint density at radius 1 is 1.00 bits per heavy atom. The number of nitriles is 1. The monoisotopic (exact) mass is 391 g/mol. The molecule has 7 heteroatoms. The summed E-state index contributed by atoms with van der Waals surface area (Å²) in [6.07, 6.45) is 1.30. The molecule has 2 fully saturated rings. The highest BCUT2D eigenvalue weighted by molar-refractivity contribution is 6.06. The van der Waals surface area contributed by atoms with Gasteiger partial charge in [0.1, 0.15) is 0 Å². The number of rotatable bonds is 3. The molecule has 2 heterocycles. The number of piperidine rings is 1. The first-order valence-corrected chi connectivity index (χ1v) is 9.57. The first-order valence-electron chi connectivity index (χ1n) is 9.57. The number of anilines is 1. The Morgan fingerprint density at radius 2 is 1.66 bits per heavy atom. The molecule has 0 atom stereocenters. The van der Waals surface area contributed by atoms with Crippen LogP contribution in [-0.2, 0) is 9.47 Å². The molecule has 29 heavy (non-hydrogen) atoms. The van der Waals surface area contributed by atoms with Gasteiger partial charge in [-0.05, 0) is 42.5 Å². The molecule has 2 amide bonds. The lowest BCUT2D eigenvalue weighted by molar-refractivity contribution is -0.181. The van der Waals surface area contributed by atoms with E-state index in [9.17, 15) is 9.59 Å². The summed E-state index contributed by atoms with van der Waals surface area (Å²) in [6, 6.07) is 15.3. The first-order chi connectivity index (χ1) is 14.1. The summed E-state index contributed by atoms with van der Waals surface area (Å²) in [5.74, 6) is -0.944. The number of amides is 2. The van der Waals surface area contributed by atoms with Crippen molar-refractivity contribution in [2.45, 2.75) is 18.6 Å². The van der Waals surface area contributed by atoms with Gasteiger partial charge in [0.25, 0.3) is 11.8 Å². The van der Waals surface area contributed by atoms with Gasteiger partial charge >= 0.3 is 0 Å². The second-order valence-corrected chi connectivity index (χ2v) is 7.12. The van der Waals surface area contributed by atoms with Gasteiger partial charge in [-0.25, -0.2) is 0 Å². The molecular weight excluding hydrogens is 370 g/mol. The lowest BCUT2D eigenvalue weighted by Crippen LogP contribution is -2.47. The van der Waals surface area contributed by atoms with Crippen molar-refractivity contribution in [3.05, 3.63) is 65.2 Å². The molecular formula is C22H21N3O4. The fraction of sp³-hybridized carbons (Fsp3) is 0.318. The Bertz CT molecular complexity index is 949. The van der Waals surface area contributed by atoms with Crippen LogP contribution in [0.25, 0.3) is 0 Å². The van der Waals surface area contributed by atoms with Crippen molar-refractivity contribution in [1.29, 1.82) is 5.26 Å². The third-order valence-electron chi connectivity index (χ3n) is 5.27. The average molecular weight is 391 g/mol. The average Bonchev–Trinajstić information content (AvgIpc) is 3.22. The van der Waals surface area contributed by atoms with Gasteiger partial charge in [-0.1, -0.05) is 6.07 Å². The molecule has 0 aromatic heterocycles. The molecule has 4 rings (SSSR count). The Balaban J connectivity index is 1.41. The minimum Gasteiger partial charge on any atom is -0.347 e. The standard InChI is InChI=1S/C22H21N3O4/c23-15-16-4-6-19(7-5-16)24-20(26)17-2-1-3-18(14-17)21(27)25-10-8-22(9-11-25)28-12-13-29-22/h1-7,14H,8-13H2,(H,24,26). The lowest BCUT2D eigenvalue weighted by atomic mass is 10.0. The predicted molar refractivity (Wildman–Crippen MR) is 105 cm³/mol. The van der Waals surface area contributed by atoms with Crippen LogP contribution in [0, 0.1) is 11.3 Å². The van der Waals surface area contributed by atoms with Gasteiger partial charge in [-0.15, -0.1) is 0 Å². The summed E-state index contributed by atoms with van der Waals surface area (Å²) in [7, 11) is 0. The molecule has 0 saturated carbocycles. The Kier molecular flexibility index (Phi) is 5.30. The maximum atomic E-state index is 12.9. The number of carbonyl (C=O) groups excluding carboxylic acids is 2. The Labute approximate surface area is 168 Å². The zero-order valence-corrected chi connectivity index (χ0v) is 15.9. The van der Waals surface area contributed by atoms with Crippen molar-refractivity contribution in [1.82, 2.24) is 4.90 Å². The first kappa shape index (κ1) is 19.1. The highest BCUT2D eigenvalue weighted by Gasteiger charge is 2.40. The van der Waals surface area contributed by atoms with Gasteiger partial charge in [-0.3, -0.25) is 9.59 Å². The van der Waals surface area contributed by atoms with E-state index in [0.29, 0.717) is 61.5 Å². The van der Waals surface area contributed by atoms with Gasteiger partial charge in [0, 0.05) is 42.7 Å².